The molecule has 4 nitrogen and oxygen atoms in total. The van der Waals surface area contributed by atoms with Crippen molar-refractivity contribution in [3.05, 3.63) is 84.9 Å². The molecule has 4 rings (SSSR count). The van der Waals surface area contributed by atoms with Crippen molar-refractivity contribution in [1.82, 2.24) is 0 Å². The Bertz CT molecular complexity index is 896. The Morgan fingerprint density at radius 2 is 1.26 bits per heavy atom. The number of esters is 1. The first-order valence-corrected chi connectivity index (χ1v) is 11.2. The van der Waals surface area contributed by atoms with Gasteiger partial charge in [0.15, 0.2) is 0 Å². The van der Waals surface area contributed by atoms with E-state index in [4.69, 9.17) is 9.47 Å². The third-order valence-electron chi connectivity index (χ3n) is 5.80. The fraction of sp³-hybridized carbons (Fsp3) is 0.296. The van der Waals surface area contributed by atoms with Crippen molar-refractivity contribution in [3.63, 3.8) is 0 Å². The normalized spacial score (nSPS) is 14.4. The molecule has 1 aliphatic carbocycles. The van der Waals surface area contributed by atoms with Gasteiger partial charge in [0.05, 0.1) is 5.92 Å². The maximum atomic E-state index is 12.1. The van der Waals surface area contributed by atoms with E-state index in [1.807, 2.05) is 24.3 Å². The predicted molar refractivity (Wildman–Crippen MR) is 122 cm³/mol. The lowest BCUT2D eigenvalue weighted by molar-refractivity contribution is -0.681. The third kappa shape index (κ3) is 5.74. The molecular formula is C27H30NO3+. The van der Waals surface area contributed by atoms with E-state index >= 15 is 0 Å². The number of ether oxygens (including phenoxy) is 2. The number of benzene rings is 3. The van der Waals surface area contributed by atoms with E-state index in [0.29, 0.717) is 13.2 Å². The molecule has 0 heterocycles. The Morgan fingerprint density at radius 1 is 0.710 bits per heavy atom. The molecule has 0 atom stereocenters. The molecular weight excluding hydrogens is 386 g/mol. The van der Waals surface area contributed by atoms with Crippen LogP contribution in [-0.2, 0) is 9.53 Å². The number of carbonyl (C=O) groups excluding carboxylic acids is 1. The van der Waals surface area contributed by atoms with Crippen LogP contribution >= 0.6 is 0 Å². The molecule has 3 aromatic carbocycles. The maximum Gasteiger partial charge on any atom is 0.309 e. The van der Waals surface area contributed by atoms with Crippen LogP contribution < -0.4 is 9.64 Å². The Labute approximate surface area is 184 Å². The lowest BCUT2D eigenvalue weighted by atomic mass is 9.89. The van der Waals surface area contributed by atoms with Gasteiger partial charge in [-0.2, -0.15) is 0 Å². The first kappa shape index (κ1) is 21.1. The van der Waals surface area contributed by atoms with Crippen molar-refractivity contribution in [2.75, 3.05) is 13.2 Å². The van der Waals surface area contributed by atoms with Crippen LogP contribution in [0, 0.1) is 5.92 Å². The minimum absolute atomic E-state index is 0.0661. The molecule has 0 unspecified atom stereocenters. The molecule has 1 fully saturated rings. The van der Waals surface area contributed by atoms with Crippen LogP contribution in [0.4, 0.5) is 17.1 Å². The van der Waals surface area contributed by atoms with E-state index in [9.17, 15) is 4.79 Å². The molecule has 31 heavy (non-hydrogen) atoms. The number of hydrogen-bond acceptors (Lipinski definition) is 3. The highest BCUT2D eigenvalue weighted by Gasteiger charge is 2.22. The Kier molecular flexibility index (Phi) is 7.35. The van der Waals surface area contributed by atoms with E-state index in [1.165, 1.54) is 22.7 Å². The van der Waals surface area contributed by atoms with Crippen LogP contribution in [0.25, 0.3) is 0 Å². The van der Waals surface area contributed by atoms with Crippen molar-refractivity contribution in [1.29, 1.82) is 0 Å². The lowest BCUT2D eigenvalue weighted by Gasteiger charge is -2.20. The average molecular weight is 417 g/mol. The molecule has 0 aliphatic heterocycles. The van der Waals surface area contributed by atoms with E-state index in [0.717, 1.165) is 37.1 Å². The monoisotopic (exact) mass is 416 g/mol. The largest absolute Gasteiger partial charge is 0.490 e. The highest BCUT2D eigenvalue weighted by atomic mass is 16.6. The summed E-state index contributed by atoms with van der Waals surface area (Å²) in [6.45, 7) is 0.661. The second-order valence-electron chi connectivity index (χ2n) is 7.98. The number of para-hydroxylation sites is 2. The summed E-state index contributed by atoms with van der Waals surface area (Å²) in [5.74, 6) is 0.791. The summed E-state index contributed by atoms with van der Waals surface area (Å²) in [6, 6.07) is 28.9. The van der Waals surface area contributed by atoms with Gasteiger partial charge in [-0.25, -0.2) is 4.90 Å². The molecule has 0 amide bonds. The molecule has 1 aliphatic rings. The second kappa shape index (κ2) is 10.8. The minimum atomic E-state index is -0.0661. The predicted octanol–water partition coefficient (Wildman–Crippen LogP) is 5.37. The Balaban J connectivity index is 1.35. The topological polar surface area (TPSA) is 40.0 Å². The summed E-state index contributed by atoms with van der Waals surface area (Å²) in [5, 5.41) is 0. The lowest BCUT2D eigenvalue weighted by Crippen LogP contribution is -2.96. The van der Waals surface area contributed by atoms with Crippen molar-refractivity contribution in [2.24, 2.45) is 5.92 Å². The van der Waals surface area contributed by atoms with Gasteiger partial charge in [0, 0.05) is 12.1 Å². The molecule has 0 radical (unpaired) electrons. The van der Waals surface area contributed by atoms with Gasteiger partial charge in [-0.3, -0.25) is 4.79 Å². The third-order valence-corrected chi connectivity index (χ3v) is 5.80. The quantitative estimate of drug-likeness (QED) is 0.396. The SMILES string of the molecule is O=C(OCCOc1ccc([NH+](c2ccccc2)c2ccccc2)cc1)C1CCCCC1. The van der Waals surface area contributed by atoms with Gasteiger partial charge >= 0.3 is 5.97 Å². The molecule has 3 aromatic rings. The van der Waals surface area contributed by atoms with E-state index < -0.39 is 0 Å². The maximum absolute atomic E-state index is 12.1. The van der Waals surface area contributed by atoms with Gasteiger partial charge in [-0.05, 0) is 49.2 Å². The summed E-state index contributed by atoms with van der Waals surface area (Å²) >= 11 is 0. The number of quaternary nitrogens is 1. The summed E-state index contributed by atoms with van der Waals surface area (Å²) in [5.41, 5.74) is 3.49. The van der Waals surface area contributed by atoms with Crippen molar-refractivity contribution >= 4 is 23.0 Å². The molecule has 160 valence electrons. The van der Waals surface area contributed by atoms with Gasteiger partial charge in [0.1, 0.15) is 36.0 Å². The standard InChI is InChI=1S/C27H29NO3/c29-27(22-10-4-1-5-11-22)31-21-20-30-26-18-16-25(17-19-26)28(23-12-6-2-7-13-23)24-14-8-3-9-15-24/h2-3,6-9,12-19,22H,1,4-5,10-11,20-21H2/p+1. The fourth-order valence-corrected chi connectivity index (χ4v) is 4.19. The van der Waals surface area contributed by atoms with Gasteiger partial charge < -0.3 is 9.47 Å². The molecule has 0 saturated heterocycles. The van der Waals surface area contributed by atoms with Gasteiger partial charge in [0.2, 0.25) is 0 Å². The zero-order valence-electron chi connectivity index (χ0n) is 17.8. The minimum Gasteiger partial charge on any atom is -0.490 e. The second-order valence-corrected chi connectivity index (χ2v) is 7.98. The summed E-state index contributed by atoms with van der Waals surface area (Å²) in [7, 11) is 0. The zero-order valence-corrected chi connectivity index (χ0v) is 17.8. The van der Waals surface area contributed by atoms with Crippen LogP contribution in [0.1, 0.15) is 32.1 Å². The number of rotatable bonds is 8. The summed E-state index contributed by atoms with van der Waals surface area (Å²) in [6.07, 6.45) is 5.42. The van der Waals surface area contributed by atoms with Gasteiger partial charge in [-0.1, -0.05) is 55.7 Å². The van der Waals surface area contributed by atoms with E-state index in [-0.39, 0.29) is 11.9 Å². The van der Waals surface area contributed by atoms with Crippen LogP contribution in [0.5, 0.6) is 5.75 Å². The molecule has 1 saturated carbocycles. The van der Waals surface area contributed by atoms with Crippen LogP contribution in [0.2, 0.25) is 0 Å². The molecule has 4 heteroatoms. The summed E-state index contributed by atoms with van der Waals surface area (Å²) < 4.78 is 11.2. The van der Waals surface area contributed by atoms with Crippen LogP contribution in [-0.4, -0.2) is 19.2 Å². The average Bonchev–Trinajstić information content (AvgIpc) is 2.85. The Hall–Kier alpha value is -3.11. The first-order valence-electron chi connectivity index (χ1n) is 11.2. The highest BCUT2D eigenvalue weighted by molar-refractivity contribution is 5.72. The number of nitrogens with one attached hydrogen (secondary N) is 1. The van der Waals surface area contributed by atoms with Crippen molar-refractivity contribution in [3.8, 4) is 5.75 Å². The molecule has 0 spiro atoms. The number of carbonyl (C=O) groups is 1. The van der Waals surface area contributed by atoms with E-state index in [2.05, 4.69) is 60.7 Å². The van der Waals surface area contributed by atoms with Gasteiger partial charge in [-0.15, -0.1) is 0 Å². The fourth-order valence-electron chi connectivity index (χ4n) is 4.19. The van der Waals surface area contributed by atoms with Crippen LogP contribution in [0.15, 0.2) is 84.9 Å². The summed E-state index contributed by atoms with van der Waals surface area (Å²) in [4.78, 5) is 13.3. The Morgan fingerprint density at radius 3 is 1.84 bits per heavy atom. The molecule has 1 N–H and O–H groups in total. The van der Waals surface area contributed by atoms with E-state index in [1.54, 1.807) is 0 Å². The van der Waals surface area contributed by atoms with Gasteiger partial charge in [0.25, 0.3) is 0 Å². The molecule has 0 bridgehead atoms. The highest BCUT2D eigenvalue weighted by Crippen LogP contribution is 2.24. The smallest absolute Gasteiger partial charge is 0.309 e. The van der Waals surface area contributed by atoms with Crippen molar-refractivity contribution in [2.45, 2.75) is 32.1 Å². The van der Waals surface area contributed by atoms with Crippen molar-refractivity contribution < 1.29 is 19.2 Å². The zero-order chi connectivity index (χ0) is 21.3. The van der Waals surface area contributed by atoms with Crippen LogP contribution in [0.3, 0.4) is 0 Å². The number of hydrogen-bond donors (Lipinski definition) is 1. The molecule has 0 aromatic heterocycles. The first-order chi connectivity index (χ1) is 15.3.